The normalized spacial score (nSPS) is 27.4. The molecule has 0 saturated carbocycles. The molecule has 0 aromatic heterocycles. The molecule has 1 saturated heterocycles. The minimum absolute atomic E-state index is 0.0297. The molecule has 6 N–H and O–H groups in total. The highest BCUT2D eigenvalue weighted by molar-refractivity contribution is 5.70. The van der Waals surface area contributed by atoms with Crippen molar-refractivity contribution in [1.82, 2.24) is 0 Å². The summed E-state index contributed by atoms with van der Waals surface area (Å²) >= 11 is 0. The van der Waals surface area contributed by atoms with Crippen LogP contribution in [0, 0.1) is 0 Å². The number of hydrogen-bond donors (Lipinski definition) is 6. The monoisotopic (exact) mass is 508 g/mol. The van der Waals surface area contributed by atoms with Gasteiger partial charge in [-0.15, -0.1) is 0 Å². The van der Waals surface area contributed by atoms with Gasteiger partial charge in [-0.3, -0.25) is 0 Å². The van der Waals surface area contributed by atoms with Gasteiger partial charge in [0.25, 0.3) is 0 Å². The summed E-state index contributed by atoms with van der Waals surface area (Å²) in [6.45, 7) is -0.639. The van der Waals surface area contributed by atoms with Crippen LogP contribution in [-0.2, 0) is 9.47 Å². The van der Waals surface area contributed by atoms with Crippen LogP contribution in [0.15, 0.2) is 30.0 Å². The van der Waals surface area contributed by atoms with E-state index in [2.05, 4.69) is 0 Å². The van der Waals surface area contributed by atoms with Gasteiger partial charge in [-0.2, -0.15) is 0 Å². The molecule has 0 aliphatic carbocycles. The van der Waals surface area contributed by atoms with Crippen molar-refractivity contribution in [3.05, 3.63) is 41.2 Å². The van der Waals surface area contributed by atoms with E-state index in [0.717, 1.165) is 0 Å². The lowest BCUT2D eigenvalue weighted by molar-refractivity contribution is -0.293. The van der Waals surface area contributed by atoms with E-state index < -0.39 is 43.4 Å². The molecule has 2 aliphatic rings. The van der Waals surface area contributed by atoms with Crippen molar-refractivity contribution >= 4 is 6.08 Å². The van der Waals surface area contributed by atoms with Crippen molar-refractivity contribution in [1.29, 1.82) is 0 Å². The second kappa shape index (κ2) is 10.3. The van der Waals surface area contributed by atoms with Crippen LogP contribution in [0.2, 0.25) is 0 Å². The number of phenols is 2. The molecule has 0 spiro atoms. The van der Waals surface area contributed by atoms with Gasteiger partial charge in [-0.05, 0) is 18.2 Å². The first-order chi connectivity index (χ1) is 17.2. The summed E-state index contributed by atoms with van der Waals surface area (Å²) in [5, 5.41) is 61.1. The number of hydrogen-bond acceptors (Lipinski definition) is 12. The Morgan fingerprint density at radius 2 is 1.53 bits per heavy atom. The zero-order chi connectivity index (χ0) is 26.1. The van der Waals surface area contributed by atoms with Gasteiger partial charge in [-0.1, -0.05) is 0 Å². The maximum atomic E-state index is 10.5. The lowest BCUT2D eigenvalue weighted by atomic mass is 9.98. The Morgan fingerprint density at radius 3 is 2.11 bits per heavy atom. The highest BCUT2D eigenvalue weighted by Gasteiger charge is 2.46. The number of aromatic hydroxyl groups is 2. The van der Waals surface area contributed by atoms with Gasteiger partial charge in [0.1, 0.15) is 47.4 Å². The van der Waals surface area contributed by atoms with E-state index in [0.29, 0.717) is 11.3 Å². The molecule has 2 aromatic rings. The summed E-state index contributed by atoms with van der Waals surface area (Å²) in [6.07, 6.45) is -7.22. The molecule has 1 fully saturated rings. The molecule has 36 heavy (non-hydrogen) atoms. The van der Waals surface area contributed by atoms with Gasteiger partial charge in [-0.25, -0.2) is 0 Å². The van der Waals surface area contributed by atoms with Crippen LogP contribution in [-0.4, -0.2) is 89.3 Å². The Bertz CT molecular complexity index is 1110. The molecule has 6 atom stereocenters. The van der Waals surface area contributed by atoms with Crippen molar-refractivity contribution < 1.29 is 59.1 Å². The highest BCUT2D eigenvalue weighted by atomic mass is 16.7. The number of methoxy groups -OCH3 is 3. The summed E-state index contributed by atoms with van der Waals surface area (Å²) in [7, 11) is 4.15. The number of aliphatic hydroxyl groups is 4. The molecule has 12 nitrogen and oxygen atoms in total. The molecule has 0 bridgehead atoms. The number of rotatable bonds is 7. The molecular weight excluding hydrogens is 480 g/mol. The Balaban J connectivity index is 1.80. The third kappa shape index (κ3) is 4.56. The summed E-state index contributed by atoms with van der Waals surface area (Å²) in [4.78, 5) is 0. The molecule has 0 radical (unpaired) electrons. The van der Waals surface area contributed by atoms with Crippen molar-refractivity contribution in [3.8, 4) is 34.5 Å². The fourth-order valence-electron chi connectivity index (χ4n) is 4.04. The molecular formula is C24H28O12. The van der Waals surface area contributed by atoms with E-state index in [1.54, 1.807) is 6.07 Å². The Labute approximate surface area is 206 Å². The third-order valence-electron chi connectivity index (χ3n) is 6.02. The fraction of sp³-hybridized carbons (Fsp3) is 0.417. The first-order valence-corrected chi connectivity index (χ1v) is 10.9. The smallest absolute Gasteiger partial charge is 0.228 e. The largest absolute Gasteiger partial charge is 0.507 e. The average Bonchev–Trinajstić information content (AvgIpc) is 2.88. The number of aliphatic hydroxyl groups excluding tert-OH is 4. The van der Waals surface area contributed by atoms with Crippen molar-refractivity contribution in [2.45, 2.75) is 36.8 Å². The molecule has 196 valence electrons. The van der Waals surface area contributed by atoms with Gasteiger partial charge >= 0.3 is 0 Å². The standard InChI is InChI=1S/C24H28O12/c1-31-11-6-13(26)12-8-17(35-24-22(30)21(29)20(28)18(9-25)36-24)23(34-14(12)7-11)10-4-15(32-2)19(27)16(5-10)33-3/h4-8,18,20-30H,9H2,1-3H3/t18-,20-,21+,22+,23?,24-/m1/s1. The van der Waals surface area contributed by atoms with E-state index in [1.165, 1.54) is 45.6 Å². The number of ether oxygens (including phenoxy) is 6. The van der Waals surface area contributed by atoms with Gasteiger partial charge in [0.2, 0.25) is 12.0 Å². The quantitative estimate of drug-likeness (QED) is 0.304. The molecule has 4 rings (SSSR count). The number of fused-ring (bicyclic) bond motifs is 1. The average molecular weight is 508 g/mol. The van der Waals surface area contributed by atoms with E-state index in [1.807, 2.05) is 0 Å². The van der Waals surface area contributed by atoms with E-state index in [9.17, 15) is 30.6 Å². The van der Waals surface area contributed by atoms with Crippen LogP contribution in [0.3, 0.4) is 0 Å². The molecule has 12 heteroatoms. The number of phenolic OH excluding ortho intramolecular Hbond substituents is 2. The van der Waals surface area contributed by atoms with Crippen LogP contribution in [0.1, 0.15) is 17.2 Å². The van der Waals surface area contributed by atoms with Gasteiger partial charge in [0, 0.05) is 17.7 Å². The molecule has 2 heterocycles. The summed E-state index contributed by atoms with van der Waals surface area (Å²) in [5.41, 5.74) is 0.634. The predicted molar refractivity (Wildman–Crippen MR) is 122 cm³/mol. The van der Waals surface area contributed by atoms with E-state index >= 15 is 0 Å². The van der Waals surface area contributed by atoms with Gasteiger partial charge in [0.05, 0.1) is 33.5 Å². The molecule has 0 amide bonds. The van der Waals surface area contributed by atoms with Gasteiger partial charge in [0.15, 0.2) is 17.6 Å². The van der Waals surface area contributed by atoms with Crippen LogP contribution in [0.5, 0.6) is 34.5 Å². The fourth-order valence-corrected chi connectivity index (χ4v) is 4.04. The summed E-state index contributed by atoms with van der Waals surface area (Å²) in [5.74, 6) is 0.348. The third-order valence-corrected chi connectivity index (χ3v) is 6.02. The second-order valence-corrected chi connectivity index (χ2v) is 8.19. The highest BCUT2D eigenvalue weighted by Crippen LogP contribution is 2.47. The minimum Gasteiger partial charge on any atom is -0.507 e. The maximum Gasteiger partial charge on any atom is 0.228 e. The topological polar surface area (TPSA) is 177 Å². The minimum atomic E-state index is -1.68. The Hall–Kier alpha value is -3.42. The molecule has 2 aliphatic heterocycles. The van der Waals surface area contributed by atoms with Crippen molar-refractivity contribution in [3.63, 3.8) is 0 Å². The SMILES string of the molecule is COc1cc(O)c2c(c1)OC(c1cc(OC)c(O)c(OC)c1)C(O[C@@H]1O[C@H](CO)[C@@H](O)[C@H](O)[C@@H]1O)=C2. The molecule has 2 aromatic carbocycles. The lowest BCUT2D eigenvalue weighted by Crippen LogP contribution is -2.59. The van der Waals surface area contributed by atoms with Crippen molar-refractivity contribution in [2.24, 2.45) is 0 Å². The second-order valence-electron chi connectivity index (χ2n) is 8.19. The van der Waals surface area contributed by atoms with E-state index in [4.69, 9.17) is 28.4 Å². The van der Waals surface area contributed by atoms with Crippen LogP contribution < -0.4 is 18.9 Å². The Morgan fingerprint density at radius 1 is 0.861 bits per heavy atom. The zero-order valence-electron chi connectivity index (χ0n) is 19.7. The molecule has 1 unspecified atom stereocenters. The van der Waals surface area contributed by atoms with Crippen LogP contribution in [0.25, 0.3) is 6.08 Å². The Kier molecular flexibility index (Phi) is 7.33. The van der Waals surface area contributed by atoms with Crippen molar-refractivity contribution in [2.75, 3.05) is 27.9 Å². The summed E-state index contributed by atoms with van der Waals surface area (Å²) in [6, 6.07) is 5.89. The van der Waals surface area contributed by atoms with Crippen LogP contribution >= 0.6 is 0 Å². The first kappa shape index (κ1) is 25.7. The first-order valence-electron chi connectivity index (χ1n) is 10.9. The zero-order valence-corrected chi connectivity index (χ0v) is 19.7. The summed E-state index contributed by atoms with van der Waals surface area (Å²) < 4.78 is 33.2. The maximum absolute atomic E-state index is 10.5. The predicted octanol–water partition coefficient (Wildman–Crippen LogP) is 0.415. The van der Waals surface area contributed by atoms with Gasteiger partial charge < -0.3 is 59.1 Å². The number of benzene rings is 2. The van der Waals surface area contributed by atoms with Crippen LogP contribution in [0.4, 0.5) is 0 Å². The van der Waals surface area contributed by atoms with E-state index in [-0.39, 0.29) is 40.1 Å². The lowest BCUT2D eigenvalue weighted by Gasteiger charge is -2.41.